The molecule has 166 valence electrons. The van der Waals surface area contributed by atoms with Crippen molar-refractivity contribution in [2.24, 2.45) is 5.41 Å². The van der Waals surface area contributed by atoms with E-state index < -0.39 is 0 Å². The lowest BCUT2D eigenvalue weighted by Crippen LogP contribution is -2.63. The van der Waals surface area contributed by atoms with Gasteiger partial charge in [0.25, 0.3) is 0 Å². The van der Waals surface area contributed by atoms with E-state index in [0.29, 0.717) is 12.5 Å². The molecule has 6 nitrogen and oxygen atoms in total. The molecule has 1 unspecified atom stereocenters. The number of carbonyl (C=O) groups is 1. The predicted molar refractivity (Wildman–Crippen MR) is 125 cm³/mol. The Kier molecular flexibility index (Phi) is 5.47. The van der Waals surface area contributed by atoms with Gasteiger partial charge in [-0.1, -0.05) is 60.7 Å². The molecular formula is C26H31N5O. The molecule has 2 aromatic carbocycles. The number of urea groups is 1. The molecule has 1 atom stereocenters. The fourth-order valence-electron chi connectivity index (χ4n) is 5.37. The van der Waals surface area contributed by atoms with Gasteiger partial charge >= 0.3 is 6.03 Å². The normalized spacial score (nSPS) is 19.8. The summed E-state index contributed by atoms with van der Waals surface area (Å²) < 4.78 is 2.36. The molecule has 1 aromatic heterocycles. The van der Waals surface area contributed by atoms with Crippen molar-refractivity contribution >= 4 is 6.03 Å². The highest BCUT2D eigenvalue weighted by Gasteiger charge is 2.56. The number of likely N-dealkylation sites (N-methyl/N-ethyl adjacent to an activating group) is 1. The number of amides is 2. The van der Waals surface area contributed by atoms with Crippen molar-refractivity contribution in [2.75, 3.05) is 33.2 Å². The van der Waals surface area contributed by atoms with Crippen LogP contribution in [0, 0.1) is 12.3 Å². The Hall–Kier alpha value is -3.12. The first kappa shape index (κ1) is 20.8. The van der Waals surface area contributed by atoms with Crippen LogP contribution in [0.1, 0.15) is 28.6 Å². The quantitative estimate of drug-likeness (QED) is 0.676. The molecule has 0 saturated carbocycles. The summed E-state index contributed by atoms with van der Waals surface area (Å²) in [6.45, 7) is 7.06. The average Bonchev–Trinajstić information content (AvgIpc) is 3.32. The maximum absolute atomic E-state index is 12.8. The molecule has 32 heavy (non-hydrogen) atoms. The van der Waals surface area contributed by atoms with E-state index in [2.05, 4.69) is 59.1 Å². The number of hydrogen-bond donors (Lipinski definition) is 1. The minimum absolute atomic E-state index is 0.0246. The van der Waals surface area contributed by atoms with E-state index in [1.165, 1.54) is 11.3 Å². The summed E-state index contributed by atoms with van der Waals surface area (Å²) in [5.74, 6) is 1.48. The molecule has 2 fully saturated rings. The van der Waals surface area contributed by atoms with Crippen molar-refractivity contribution in [3.63, 3.8) is 0 Å². The Morgan fingerprint density at radius 1 is 1.03 bits per heavy atom. The summed E-state index contributed by atoms with van der Waals surface area (Å²) in [6.07, 6.45) is 1.99. The summed E-state index contributed by atoms with van der Waals surface area (Å²) in [6, 6.07) is 20.7. The summed E-state index contributed by atoms with van der Waals surface area (Å²) >= 11 is 0. The number of nitrogens with one attached hydrogen (secondary N) is 1. The molecule has 2 aliphatic rings. The molecular weight excluding hydrogens is 398 g/mol. The van der Waals surface area contributed by atoms with Crippen LogP contribution >= 0.6 is 0 Å². The molecule has 3 heterocycles. The van der Waals surface area contributed by atoms with Crippen LogP contribution in [0.3, 0.4) is 0 Å². The SMILES string of the molecule is Cc1cnc(C2CN(C)CC23CN(C(=O)NCc2ccccc2)C3)n1Cc1ccccc1. The van der Waals surface area contributed by atoms with Crippen LogP contribution in [0.4, 0.5) is 4.79 Å². The Morgan fingerprint density at radius 2 is 1.69 bits per heavy atom. The molecule has 2 saturated heterocycles. The minimum Gasteiger partial charge on any atom is -0.334 e. The highest BCUT2D eigenvalue weighted by atomic mass is 16.2. The van der Waals surface area contributed by atoms with Crippen LogP contribution in [0.5, 0.6) is 0 Å². The highest BCUT2D eigenvalue weighted by molar-refractivity contribution is 5.75. The monoisotopic (exact) mass is 429 g/mol. The van der Waals surface area contributed by atoms with Crippen molar-refractivity contribution in [3.05, 3.63) is 89.5 Å². The van der Waals surface area contributed by atoms with Gasteiger partial charge in [0.2, 0.25) is 0 Å². The molecule has 5 rings (SSSR count). The fraction of sp³-hybridized carbons (Fsp3) is 0.385. The number of hydrogen-bond acceptors (Lipinski definition) is 3. The van der Waals surface area contributed by atoms with E-state index in [1.807, 2.05) is 41.4 Å². The second-order valence-electron chi connectivity index (χ2n) is 9.44. The summed E-state index contributed by atoms with van der Waals surface area (Å²) in [7, 11) is 2.18. The number of carbonyl (C=O) groups excluding carboxylic acids is 1. The van der Waals surface area contributed by atoms with Crippen molar-refractivity contribution in [1.29, 1.82) is 0 Å². The Labute approximate surface area is 189 Å². The number of imidazole rings is 1. The van der Waals surface area contributed by atoms with E-state index in [9.17, 15) is 4.79 Å². The van der Waals surface area contributed by atoms with Crippen LogP contribution in [0.15, 0.2) is 66.9 Å². The van der Waals surface area contributed by atoms with E-state index in [-0.39, 0.29) is 11.4 Å². The summed E-state index contributed by atoms with van der Waals surface area (Å²) in [5.41, 5.74) is 3.66. The zero-order valence-corrected chi connectivity index (χ0v) is 18.9. The third kappa shape index (κ3) is 3.91. The zero-order chi connectivity index (χ0) is 22.1. The minimum atomic E-state index is 0.0246. The largest absolute Gasteiger partial charge is 0.334 e. The molecule has 1 spiro atoms. The first-order valence-corrected chi connectivity index (χ1v) is 11.4. The topological polar surface area (TPSA) is 53.4 Å². The first-order chi connectivity index (χ1) is 15.5. The van der Waals surface area contributed by atoms with E-state index in [0.717, 1.165) is 44.1 Å². The van der Waals surface area contributed by atoms with Crippen LogP contribution in [0.25, 0.3) is 0 Å². The zero-order valence-electron chi connectivity index (χ0n) is 18.9. The molecule has 0 bridgehead atoms. The van der Waals surface area contributed by atoms with Crippen LogP contribution < -0.4 is 5.32 Å². The highest BCUT2D eigenvalue weighted by Crippen LogP contribution is 2.48. The average molecular weight is 430 g/mol. The van der Waals surface area contributed by atoms with Gasteiger partial charge in [0.15, 0.2) is 0 Å². The van der Waals surface area contributed by atoms with Crippen LogP contribution in [-0.4, -0.2) is 58.6 Å². The molecule has 0 aliphatic carbocycles. The molecule has 6 heteroatoms. The number of likely N-dealkylation sites (tertiary alicyclic amines) is 2. The molecule has 2 aliphatic heterocycles. The van der Waals surface area contributed by atoms with Crippen molar-refractivity contribution in [2.45, 2.75) is 25.9 Å². The summed E-state index contributed by atoms with van der Waals surface area (Å²) in [5, 5.41) is 3.07. The third-order valence-electron chi connectivity index (χ3n) is 6.98. The standard InChI is InChI=1S/C26H31N5O/c1-20-13-27-24(31(20)15-22-11-7-4-8-12-22)23-16-29(2)17-26(23)18-30(19-26)25(32)28-14-21-9-5-3-6-10-21/h3-13,23H,14-19H2,1-2H3,(H,28,32). The maximum atomic E-state index is 12.8. The van der Waals surface area contributed by atoms with Gasteiger partial charge in [-0.05, 0) is 25.1 Å². The van der Waals surface area contributed by atoms with Gasteiger partial charge in [0.05, 0.1) is 0 Å². The lowest BCUT2D eigenvalue weighted by Gasteiger charge is -2.50. The van der Waals surface area contributed by atoms with Crippen molar-refractivity contribution < 1.29 is 4.79 Å². The molecule has 0 radical (unpaired) electrons. The Bertz CT molecular complexity index is 1070. The van der Waals surface area contributed by atoms with Crippen LogP contribution in [-0.2, 0) is 13.1 Å². The van der Waals surface area contributed by atoms with E-state index >= 15 is 0 Å². The predicted octanol–water partition coefficient (Wildman–Crippen LogP) is 3.48. The van der Waals surface area contributed by atoms with E-state index in [4.69, 9.17) is 4.98 Å². The van der Waals surface area contributed by atoms with Gasteiger partial charge in [-0.3, -0.25) is 0 Å². The Balaban J connectivity index is 1.29. The third-order valence-corrected chi connectivity index (χ3v) is 6.98. The number of aromatic nitrogens is 2. The van der Waals surface area contributed by atoms with Gasteiger partial charge in [-0.25, -0.2) is 9.78 Å². The van der Waals surface area contributed by atoms with Crippen molar-refractivity contribution in [1.82, 2.24) is 24.7 Å². The first-order valence-electron chi connectivity index (χ1n) is 11.4. The lowest BCUT2D eigenvalue weighted by molar-refractivity contribution is 0.0261. The Morgan fingerprint density at radius 3 is 2.38 bits per heavy atom. The number of rotatable bonds is 5. The maximum Gasteiger partial charge on any atom is 0.317 e. The molecule has 1 N–H and O–H groups in total. The number of benzene rings is 2. The van der Waals surface area contributed by atoms with Gasteiger partial charge in [0.1, 0.15) is 5.82 Å². The van der Waals surface area contributed by atoms with Gasteiger partial charge < -0.3 is 19.7 Å². The second-order valence-corrected chi connectivity index (χ2v) is 9.44. The second kappa shape index (κ2) is 8.43. The number of aryl methyl sites for hydroxylation is 1. The fourth-order valence-corrected chi connectivity index (χ4v) is 5.37. The van der Waals surface area contributed by atoms with Gasteiger partial charge in [-0.2, -0.15) is 0 Å². The van der Waals surface area contributed by atoms with E-state index in [1.54, 1.807) is 0 Å². The van der Waals surface area contributed by atoms with Gasteiger partial charge in [0, 0.05) is 62.5 Å². The lowest BCUT2D eigenvalue weighted by atomic mass is 9.71. The van der Waals surface area contributed by atoms with Crippen molar-refractivity contribution in [3.8, 4) is 0 Å². The van der Waals surface area contributed by atoms with Crippen LogP contribution in [0.2, 0.25) is 0 Å². The smallest absolute Gasteiger partial charge is 0.317 e. The molecule has 3 aromatic rings. The number of nitrogens with zero attached hydrogens (tertiary/aromatic N) is 4. The van der Waals surface area contributed by atoms with Gasteiger partial charge in [-0.15, -0.1) is 0 Å². The summed E-state index contributed by atoms with van der Waals surface area (Å²) in [4.78, 5) is 22.0. The molecule has 2 amide bonds.